The van der Waals surface area contributed by atoms with E-state index >= 15 is 0 Å². The number of thioether (sulfide) groups is 1. The second-order valence-electron chi connectivity index (χ2n) is 4.59. The number of amides is 1. The minimum atomic E-state index is 0.107. The van der Waals surface area contributed by atoms with E-state index in [2.05, 4.69) is 48.7 Å². The first-order valence-electron chi connectivity index (χ1n) is 6.87. The average molecular weight is 280 g/mol. The number of nitrogens with one attached hydrogen (secondary N) is 2. The maximum atomic E-state index is 11.7. The lowest BCUT2D eigenvalue weighted by Gasteiger charge is -2.11. The number of hydrogen-bond donors (Lipinski definition) is 2. The Bertz CT molecular complexity index is 378. The Balaban J connectivity index is 2.35. The molecule has 19 heavy (non-hydrogen) atoms. The first-order valence-corrected chi connectivity index (χ1v) is 7.86. The van der Waals surface area contributed by atoms with Gasteiger partial charge in [0.2, 0.25) is 5.91 Å². The van der Waals surface area contributed by atoms with Gasteiger partial charge in [0.25, 0.3) is 0 Å². The van der Waals surface area contributed by atoms with Crippen LogP contribution in [0.5, 0.6) is 0 Å². The van der Waals surface area contributed by atoms with Crippen molar-refractivity contribution in [1.82, 2.24) is 10.6 Å². The fraction of sp³-hybridized carbons (Fsp3) is 0.533. The molecule has 0 aliphatic heterocycles. The molecule has 106 valence electrons. The van der Waals surface area contributed by atoms with Crippen molar-refractivity contribution in [2.45, 2.75) is 44.7 Å². The summed E-state index contributed by atoms with van der Waals surface area (Å²) in [4.78, 5) is 12.8. The van der Waals surface area contributed by atoms with E-state index in [-0.39, 0.29) is 11.9 Å². The van der Waals surface area contributed by atoms with Crippen molar-refractivity contribution >= 4 is 17.7 Å². The average Bonchev–Trinajstić information content (AvgIpc) is 2.43. The fourth-order valence-electron chi connectivity index (χ4n) is 1.54. The van der Waals surface area contributed by atoms with E-state index in [4.69, 9.17) is 0 Å². The van der Waals surface area contributed by atoms with Gasteiger partial charge in [0.1, 0.15) is 0 Å². The summed E-state index contributed by atoms with van der Waals surface area (Å²) in [6.07, 6.45) is 0.968. The molecular weight excluding hydrogens is 256 g/mol. The zero-order valence-electron chi connectivity index (χ0n) is 12.0. The standard InChI is InChI=1S/C15H24N2OS/c1-4-12(3)17-15(18)11-19-14-8-6-13(7-9-14)10-16-5-2/h6-9,12,16H,4-5,10-11H2,1-3H3,(H,17,18). The summed E-state index contributed by atoms with van der Waals surface area (Å²) in [6.45, 7) is 8.07. The van der Waals surface area contributed by atoms with Crippen LogP contribution in [0.1, 0.15) is 32.8 Å². The van der Waals surface area contributed by atoms with Crippen LogP contribution in [0.4, 0.5) is 0 Å². The number of benzene rings is 1. The van der Waals surface area contributed by atoms with Crippen LogP contribution < -0.4 is 10.6 Å². The highest BCUT2D eigenvalue weighted by Crippen LogP contribution is 2.18. The van der Waals surface area contributed by atoms with Gasteiger partial charge < -0.3 is 10.6 Å². The van der Waals surface area contributed by atoms with E-state index in [0.29, 0.717) is 5.75 Å². The zero-order valence-corrected chi connectivity index (χ0v) is 12.8. The predicted molar refractivity (Wildman–Crippen MR) is 82.4 cm³/mol. The molecule has 2 N–H and O–H groups in total. The van der Waals surface area contributed by atoms with Gasteiger partial charge in [-0.2, -0.15) is 0 Å². The molecule has 0 spiro atoms. The molecule has 3 nitrogen and oxygen atoms in total. The molecule has 1 aromatic carbocycles. The molecule has 4 heteroatoms. The summed E-state index contributed by atoms with van der Waals surface area (Å²) in [5.74, 6) is 0.591. The lowest BCUT2D eigenvalue weighted by atomic mass is 10.2. The van der Waals surface area contributed by atoms with Gasteiger partial charge in [0.15, 0.2) is 0 Å². The highest BCUT2D eigenvalue weighted by atomic mass is 32.2. The van der Waals surface area contributed by atoms with E-state index in [1.54, 1.807) is 11.8 Å². The first kappa shape index (κ1) is 16.1. The summed E-state index contributed by atoms with van der Waals surface area (Å²) < 4.78 is 0. The third-order valence-corrected chi connectivity index (χ3v) is 3.90. The fourth-order valence-corrected chi connectivity index (χ4v) is 2.25. The summed E-state index contributed by atoms with van der Waals surface area (Å²) in [5.41, 5.74) is 1.27. The SMILES string of the molecule is CCNCc1ccc(SCC(=O)NC(C)CC)cc1. The van der Waals surface area contributed by atoms with E-state index in [0.717, 1.165) is 24.4 Å². The molecule has 0 saturated carbocycles. The summed E-state index contributed by atoms with van der Waals surface area (Å²) in [5, 5.41) is 6.26. The van der Waals surface area contributed by atoms with Crippen molar-refractivity contribution in [2.24, 2.45) is 0 Å². The quantitative estimate of drug-likeness (QED) is 0.720. The molecule has 0 aliphatic carbocycles. The molecule has 1 atom stereocenters. The summed E-state index contributed by atoms with van der Waals surface area (Å²) in [6, 6.07) is 8.63. The maximum absolute atomic E-state index is 11.7. The highest BCUT2D eigenvalue weighted by Gasteiger charge is 2.06. The van der Waals surface area contributed by atoms with Gasteiger partial charge in [-0.25, -0.2) is 0 Å². The molecule has 1 rings (SSSR count). The minimum absolute atomic E-state index is 0.107. The Morgan fingerprint density at radius 2 is 1.95 bits per heavy atom. The van der Waals surface area contributed by atoms with Crippen molar-refractivity contribution in [3.63, 3.8) is 0 Å². The third kappa shape index (κ3) is 6.64. The molecule has 0 aromatic heterocycles. The van der Waals surface area contributed by atoms with Crippen molar-refractivity contribution in [1.29, 1.82) is 0 Å². The van der Waals surface area contributed by atoms with E-state index in [1.165, 1.54) is 5.56 Å². The maximum Gasteiger partial charge on any atom is 0.230 e. The first-order chi connectivity index (χ1) is 9.15. The van der Waals surface area contributed by atoms with Crippen LogP contribution in [0.15, 0.2) is 29.2 Å². The van der Waals surface area contributed by atoms with Gasteiger partial charge in [-0.05, 0) is 37.6 Å². The summed E-state index contributed by atoms with van der Waals surface area (Å²) in [7, 11) is 0. The van der Waals surface area contributed by atoms with Crippen molar-refractivity contribution in [3.8, 4) is 0 Å². The molecule has 0 heterocycles. The normalized spacial score (nSPS) is 12.2. The monoisotopic (exact) mass is 280 g/mol. The van der Waals surface area contributed by atoms with Crippen LogP contribution in [0.3, 0.4) is 0 Å². The van der Waals surface area contributed by atoms with Crippen molar-refractivity contribution < 1.29 is 4.79 Å². The van der Waals surface area contributed by atoms with Gasteiger partial charge in [-0.15, -0.1) is 11.8 Å². The minimum Gasteiger partial charge on any atom is -0.353 e. The van der Waals surface area contributed by atoms with Crippen LogP contribution in [0.25, 0.3) is 0 Å². The topological polar surface area (TPSA) is 41.1 Å². The number of rotatable bonds is 8. The van der Waals surface area contributed by atoms with Crippen LogP contribution in [0.2, 0.25) is 0 Å². The van der Waals surface area contributed by atoms with Crippen molar-refractivity contribution in [3.05, 3.63) is 29.8 Å². The van der Waals surface area contributed by atoms with E-state index in [9.17, 15) is 4.79 Å². The number of carbonyl (C=O) groups is 1. The second kappa shape index (κ2) is 8.99. The zero-order chi connectivity index (χ0) is 14.1. The van der Waals surface area contributed by atoms with Crippen molar-refractivity contribution in [2.75, 3.05) is 12.3 Å². The van der Waals surface area contributed by atoms with Crippen LogP contribution >= 0.6 is 11.8 Å². The molecule has 0 bridgehead atoms. The van der Waals surface area contributed by atoms with Crippen LogP contribution in [0, 0.1) is 0 Å². The molecular formula is C15H24N2OS. The molecule has 0 fully saturated rings. The van der Waals surface area contributed by atoms with E-state index in [1.807, 2.05) is 6.92 Å². The predicted octanol–water partition coefficient (Wildman–Crippen LogP) is 2.80. The third-order valence-electron chi connectivity index (χ3n) is 2.89. The smallest absolute Gasteiger partial charge is 0.230 e. The number of carbonyl (C=O) groups excluding carboxylic acids is 1. The molecule has 0 saturated heterocycles. The largest absolute Gasteiger partial charge is 0.353 e. The highest BCUT2D eigenvalue weighted by molar-refractivity contribution is 8.00. The van der Waals surface area contributed by atoms with Crippen LogP contribution in [-0.4, -0.2) is 24.2 Å². The van der Waals surface area contributed by atoms with Crippen LogP contribution in [-0.2, 0) is 11.3 Å². The Labute approximate surface area is 120 Å². The van der Waals surface area contributed by atoms with Gasteiger partial charge in [-0.3, -0.25) is 4.79 Å². The molecule has 1 amide bonds. The molecule has 1 unspecified atom stereocenters. The van der Waals surface area contributed by atoms with Gasteiger partial charge in [-0.1, -0.05) is 26.0 Å². The number of hydrogen-bond acceptors (Lipinski definition) is 3. The molecule has 0 radical (unpaired) electrons. The summed E-state index contributed by atoms with van der Waals surface area (Å²) >= 11 is 1.58. The molecule has 0 aliphatic rings. The van der Waals surface area contributed by atoms with E-state index < -0.39 is 0 Å². The van der Waals surface area contributed by atoms with Gasteiger partial charge in [0, 0.05) is 17.5 Å². The Morgan fingerprint density at radius 1 is 1.26 bits per heavy atom. The second-order valence-corrected chi connectivity index (χ2v) is 5.64. The Hall–Kier alpha value is -1.00. The molecule has 1 aromatic rings. The Kier molecular flexibility index (Phi) is 7.60. The van der Waals surface area contributed by atoms with Gasteiger partial charge in [0.05, 0.1) is 5.75 Å². The van der Waals surface area contributed by atoms with Gasteiger partial charge >= 0.3 is 0 Å². The Morgan fingerprint density at radius 3 is 2.53 bits per heavy atom. The lowest BCUT2D eigenvalue weighted by molar-refractivity contribution is -0.119. The lowest BCUT2D eigenvalue weighted by Crippen LogP contribution is -2.33.